The number of benzene rings is 1. The summed E-state index contributed by atoms with van der Waals surface area (Å²) in [4.78, 5) is 23.5. The number of hydrogen-bond donors (Lipinski definition) is 3. The molecule has 0 radical (unpaired) electrons. The summed E-state index contributed by atoms with van der Waals surface area (Å²) in [6.45, 7) is 7.75. The highest BCUT2D eigenvalue weighted by molar-refractivity contribution is 6.00. The molecule has 0 unspecified atom stereocenters. The first-order valence-electron chi connectivity index (χ1n) is 7.87. The van der Waals surface area contributed by atoms with Gasteiger partial charge in [-0.25, -0.2) is 4.79 Å². The van der Waals surface area contributed by atoms with Crippen LogP contribution in [-0.2, 0) is 10.2 Å². The van der Waals surface area contributed by atoms with Crippen LogP contribution in [0.3, 0.4) is 0 Å². The third-order valence-electron chi connectivity index (χ3n) is 3.22. The highest BCUT2D eigenvalue weighted by Crippen LogP contribution is 2.24. The number of anilines is 3. The molecule has 132 valence electrons. The first kappa shape index (κ1) is 18.3. The zero-order chi connectivity index (χ0) is 18.4. The third-order valence-corrected chi connectivity index (χ3v) is 3.22. The number of rotatable bonds is 4. The average Bonchev–Trinajstić information content (AvgIpc) is 2.98. The Kier molecular flexibility index (Phi) is 5.59. The molecule has 25 heavy (non-hydrogen) atoms. The van der Waals surface area contributed by atoms with Gasteiger partial charge in [0.15, 0.2) is 5.82 Å². The molecule has 1 aromatic heterocycles. The van der Waals surface area contributed by atoms with E-state index in [1.807, 2.05) is 20.8 Å². The Morgan fingerprint density at radius 2 is 1.64 bits per heavy atom. The molecule has 0 atom stereocenters. The molecular weight excluding hydrogens is 320 g/mol. The minimum atomic E-state index is -0.431. The fraction of sp³-hybridized carbons (Fsp3) is 0.278. The fourth-order valence-electron chi connectivity index (χ4n) is 1.94. The van der Waals surface area contributed by atoms with Crippen LogP contribution in [0, 0.1) is 0 Å². The molecule has 0 spiro atoms. The molecule has 0 fully saturated rings. The highest BCUT2D eigenvalue weighted by atomic mass is 16.5. The largest absolute Gasteiger partial charge is 0.359 e. The number of aromatic nitrogens is 1. The van der Waals surface area contributed by atoms with Crippen LogP contribution in [0.25, 0.3) is 0 Å². The van der Waals surface area contributed by atoms with Crippen LogP contribution in [-0.4, -0.2) is 17.1 Å². The van der Waals surface area contributed by atoms with Crippen LogP contribution in [0.5, 0.6) is 0 Å². The number of nitrogens with zero attached hydrogens (tertiary/aromatic N) is 1. The molecule has 0 saturated heterocycles. The second-order valence-corrected chi connectivity index (χ2v) is 6.47. The molecule has 0 aliphatic heterocycles. The van der Waals surface area contributed by atoms with Gasteiger partial charge in [-0.05, 0) is 37.3 Å². The Balaban J connectivity index is 1.92. The molecule has 0 aliphatic carbocycles. The molecule has 2 rings (SSSR count). The summed E-state index contributed by atoms with van der Waals surface area (Å²) in [5, 5.41) is 11.8. The fourth-order valence-corrected chi connectivity index (χ4v) is 1.94. The quantitative estimate of drug-likeness (QED) is 0.728. The van der Waals surface area contributed by atoms with Crippen molar-refractivity contribution in [3.05, 3.63) is 48.2 Å². The van der Waals surface area contributed by atoms with Gasteiger partial charge in [0.25, 0.3) is 0 Å². The van der Waals surface area contributed by atoms with Gasteiger partial charge in [0, 0.05) is 22.9 Å². The Morgan fingerprint density at radius 1 is 1.04 bits per heavy atom. The SMILES string of the molecule is CC=CC(=O)Nc1ccc(NC(=O)Nc2cc(C(C)(C)C)on2)cc1. The van der Waals surface area contributed by atoms with Crippen molar-refractivity contribution in [1.29, 1.82) is 0 Å². The molecule has 1 heterocycles. The van der Waals surface area contributed by atoms with Crippen molar-refractivity contribution in [2.45, 2.75) is 33.1 Å². The predicted molar refractivity (Wildman–Crippen MR) is 97.7 cm³/mol. The monoisotopic (exact) mass is 342 g/mol. The summed E-state index contributed by atoms with van der Waals surface area (Å²) in [6.07, 6.45) is 3.09. The minimum Gasteiger partial charge on any atom is -0.359 e. The van der Waals surface area contributed by atoms with Gasteiger partial charge in [0.2, 0.25) is 5.91 Å². The van der Waals surface area contributed by atoms with Crippen LogP contribution < -0.4 is 16.0 Å². The molecular formula is C18H22N4O3. The van der Waals surface area contributed by atoms with Crippen LogP contribution >= 0.6 is 0 Å². The van der Waals surface area contributed by atoms with Gasteiger partial charge in [-0.3, -0.25) is 10.1 Å². The van der Waals surface area contributed by atoms with Crippen molar-refractivity contribution in [1.82, 2.24) is 5.16 Å². The van der Waals surface area contributed by atoms with Crippen molar-refractivity contribution in [3.8, 4) is 0 Å². The van der Waals surface area contributed by atoms with E-state index in [0.29, 0.717) is 23.0 Å². The topological polar surface area (TPSA) is 96.3 Å². The van der Waals surface area contributed by atoms with Gasteiger partial charge < -0.3 is 15.2 Å². The molecule has 7 heteroatoms. The standard InChI is InChI=1S/C18H22N4O3/c1-5-6-16(23)19-12-7-9-13(10-8-12)20-17(24)21-15-11-14(25-22-15)18(2,3)4/h5-11H,1-4H3,(H,19,23)(H2,20,21,22,24). The Hall–Kier alpha value is -3.09. The van der Waals surface area contributed by atoms with Gasteiger partial charge in [0.1, 0.15) is 5.76 Å². The summed E-state index contributed by atoms with van der Waals surface area (Å²) in [7, 11) is 0. The summed E-state index contributed by atoms with van der Waals surface area (Å²) in [5.74, 6) is 0.823. The van der Waals surface area contributed by atoms with Gasteiger partial charge >= 0.3 is 6.03 Å². The number of carbonyl (C=O) groups excluding carboxylic acids is 2. The summed E-state index contributed by atoms with van der Waals surface area (Å²) in [6, 6.07) is 8.04. The van der Waals surface area contributed by atoms with E-state index < -0.39 is 6.03 Å². The second kappa shape index (κ2) is 7.65. The van der Waals surface area contributed by atoms with E-state index in [1.165, 1.54) is 6.08 Å². The van der Waals surface area contributed by atoms with Crippen LogP contribution in [0.4, 0.5) is 22.0 Å². The number of carbonyl (C=O) groups is 2. The zero-order valence-electron chi connectivity index (χ0n) is 14.7. The van der Waals surface area contributed by atoms with E-state index in [4.69, 9.17) is 4.52 Å². The van der Waals surface area contributed by atoms with E-state index in [2.05, 4.69) is 21.1 Å². The molecule has 1 aromatic carbocycles. The highest BCUT2D eigenvalue weighted by Gasteiger charge is 2.20. The lowest BCUT2D eigenvalue weighted by atomic mass is 9.93. The lowest BCUT2D eigenvalue weighted by Crippen LogP contribution is -2.19. The average molecular weight is 342 g/mol. The summed E-state index contributed by atoms with van der Waals surface area (Å²) < 4.78 is 5.21. The van der Waals surface area contributed by atoms with Crippen molar-refractivity contribution in [3.63, 3.8) is 0 Å². The summed E-state index contributed by atoms with van der Waals surface area (Å²) >= 11 is 0. The van der Waals surface area contributed by atoms with Crippen LogP contribution in [0.2, 0.25) is 0 Å². The van der Waals surface area contributed by atoms with Crippen LogP contribution in [0.1, 0.15) is 33.5 Å². The predicted octanol–water partition coefficient (Wildman–Crippen LogP) is 4.13. The number of urea groups is 1. The molecule has 3 amide bonds. The molecule has 0 saturated carbocycles. The second-order valence-electron chi connectivity index (χ2n) is 6.47. The van der Waals surface area contributed by atoms with Gasteiger partial charge in [-0.2, -0.15) is 0 Å². The van der Waals surface area contributed by atoms with Crippen molar-refractivity contribution >= 4 is 29.1 Å². The smallest absolute Gasteiger partial charge is 0.324 e. The van der Waals surface area contributed by atoms with Crippen LogP contribution in [0.15, 0.2) is 47.0 Å². The van der Waals surface area contributed by atoms with E-state index in [1.54, 1.807) is 43.3 Å². The molecule has 3 N–H and O–H groups in total. The maximum atomic E-state index is 12.0. The minimum absolute atomic E-state index is 0.184. The van der Waals surface area contributed by atoms with E-state index in [0.717, 1.165) is 0 Å². The lowest BCUT2D eigenvalue weighted by Gasteiger charge is -2.12. The maximum absolute atomic E-state index is 12.0. The molecule has 2 aromatic rings. The third kappa shape index (κ3) is 5.49. The van der Waals surface area contributed by atoms with Crippen molar-refractivity contribution < 1.29 is 14.1 Å². The van der Waals surface area contributed by atoms with Crippen molar-refractivity contribution in [2.24, 2.45) is 0 Å². The normalized spacial score (nSPS) is 11.4. The molecule has 0 bridgehead atoms. The number of amides is 3. The first-order chi connectivity index (χ1) is 11.8. The van der Waals surface area contributed by atoms with E-state index in [9.17, 15) is 9.59 Å². The van der Waals surface area contributed by atoms with E-state index in [-0.39, 0.29) is 11.3 Å². The van der Waals surface area contributed by atoms with E-state index >= 15 is 0 Å². The molecule has 0 aliphatic rings. The Morgan fingerprint density at radius 3 is 2.16 bits per heavy atom. The Bertz CT molecular complexity index is 770. The van der Waals surface area contributed by atoms with Gasteiger partial charge in [0.05, 0.1) is 0 Å². The summed E-state index contributed by atoms with van der Waals surface area (Å²) in [5.41, 5.74) is 1.04. The van der Waals surface area contributed by atoms with Gasteiger partial charge in [-0.1, -0.05) is 32.0 Å². The lowest BCUT2D eigenvalue weighted by molar-refractivity contribution is -0.111. The molecule has 7 nitrogen and oxygen atoms in total. The first-order valence-corrected chi connectivity index (χ1v) is 7.87. The maximum Gasteiger partial charge on any atom is 0.324 e. The Labute approximate surface area is 146 Å². The number of allylic oxidation sites excluding steroid dienone is 1. The number of nitrogens with one attached hydrogen (secondary N) is 3. The van der Waals surface area contributed by atoms with Gasteiger partial charge in [-0.15, -0.1) is 0 Å². The number of hydrogen-bond acceptors (Lipinski definition) is 4. The zero-order valence-corrected chi connectivity index (χ0v) is 14.7. The van der Waals surface area contributed by atoms with Crippen molar-refractivity contribution in [2.75, 3.05) is 16.0 Å².